The van der Waals surface area contributed by atoms with Gasteiger partial charge in [0, 0.05) is 48.7 Å². The third-order valence-corrected chi connectivity index (χ3v) is 5.76. The zero-order chi connectivity index (χ0) is 22.5. The van der Waals surface area contributed by atoms with E-state index in [9.17, 15) is 9.59 Å². The molecule has 0 unspecified atom stereocenters. The molecule has 0 bridgehead atoms. The van der Waals surface area contributed by atoms with Gasteiger partial charge >= 0.3 is 0 Å². The number of likely N-dealkylation sites (tertiary alicyclic amines) is 1. The highest BCUT2D eigenvalue weighted by Gasteiger charge is 2.20. The second kappa shape index (κ2) is 9.73. The molecule has 1 aliphatic rings. The van der Waals surface area contributed by atoms with Gasteiger partial charge in [-0.15, -0.1) is 0 Å². The van der Waals surface area contributed by atoms with E-state index in [2.05, 4.69) is 15.3 Å². The number of hydrogen-bond acceptors (Lipinski definition) is 4. The molecule has 1 aliphatic heterocycles. The number of carbonyl (C=O) groups excluding carboxylic acids is 2. The molecule has 2 heterocycles. The summed E-state index contributed by atoms with van der Waals surface area (Å²) in [6.45, 7) is 5.71. The molecule has 6 nitrogen and oxygen atoms in total. The number of nitrogens with zero attached hydrogens (tertiary/aromatic N) is 3. The third-order valence-electron chi connectivity index (χ3n) is 5.76. The summed E-state index contributed by atoms with van der Waals surface area (Å²) in [7, 11) is 0. The van der Waals surface area contributed by atoms with Crippen LogP contribution in [0.3, 0.4) is 0 Å². The predicted molar refractivity (Wildman–Crippen MR) is 124 cm³/mol. The Balaban J connectivity index is 1.62. The normalized spacial score (nSPS) is 13.6. The van der Waals surface area contributed by atoms with Gasteiger partial charge in [-0.25, -0.2) is 9.97 Å². The number of aromatic nitrogens is 2. The van der Waals surface area contributed by atoms with Crippen molar-refractivity contribution in [2.24, 2.45) is 0 Å². The molecule has 3 aromatic rings. The van der Waals surface area contributed by atoms with E-state index in [1.165, 1.54) is 0 Å². The summed E-state index contributed by atoms with van der Waals surface area (Å²) < 4.78 is 0. The van der Waals surface area contributed by atoms with Crippen LogP contribution in [0.5, 0.6) is 0 Å². The Hall–Kier alpha value is -3.54. The van der Waals surface area contributed by atoms with E-state index in [1.54, 1.807) is 18.5 Å². The molecule has 0 saturated carbocycles. The van der Waals surface area contributed by atoms with Gasteiger partial charge in [0.15, 0.2) is 0 Å². The van der Waals surface area contributed by atoms with E-state index >= 15 is 0 Å². The summed E-state index contributed by atoms with van der Waals surface area (Å²) in [6.07, 6.45) is 6.61. The van der Waals surface area contributed by atoms with Crippen molar-refractivity contribution in [1.29, 1.82) is 0 Å². The summed E-state index contributed by atoms with van der Waals surface area (Å²) in [6, 6.07) is 13.5. The average Bonchev–Trinajstić information content (AvgIpc) is 2.83. The molecule has 2 amide bonds. The number of hydrogen-bond donors (Lipinski definition) is 1. The van der Waals surface area contributed by atoms with Gasteiger partial charge in [-0.1, -0.05) is 29.8 Å². The lowest BCUT2D eigenvalue weighted by Crippen LogP contribution is -2.35. The molecule has 1 N–H and O–H groups in total. The van der Waals surface area contributed by atoms with Crippen LogP contribution in [0.2, 0.25) is 0 Å². The van der Waals surface area contributed by atoms with Crippen LogP contribution >= 0.6 is 0 Å². The highest BCUT2D eigenvalue weighted by Crippen LogP contribution is 2.25. The first-order valence-electron chi connectivity index (χ1n) is 11.1. The van der Waals surface area contributed by atoms with Gasteiger partial charge < -0.3 is 10.2 Å². The lowest BCUT2D eigenvalue weighted by molar-refractivity contribution is 0.0724. The van der Waals surface area contributed by atoms with Crippen LogP contribution in [-0.4, -0.2) is 39.8 Å². The predicted octanol–water partition coefficient (Wildman–Crippen LogP) is 4.32. The number of aryl methyl sites for hydroxylation is 2. The second-order valence-corrected chi connectivity index (χ2v) is 8.34. The van der Waals surface area contributed by atoms with Crippen molar-refractivity contribution < 1.29 is 9.59 Å². The number of carbonyl (C=O) groups is 2. The molecule has 0 aliphatic carbocycles. The molecule has 0 spiro atoms. The summed E-state index contributed by atoms with van der Waals surface area (Å²) in [4.78, 5) is 36.4. The Kier molecular flexibility index (Phi) is 6.59. The van der Waals surface area contributed by atoms with Crippen molar-refractivity contribution in [1.82, 2.24) is 20.2 Å². The molecule has 2 aromatic carbocycles. The lowest BCUT2D eigenvalue weighted by atomic mass is 9.97. The van der Waals surface area contributed by atoms with Crippen LogP contribution < -0.4 is 5.32 Å². The van der Waals surface area contributed by atoms with Crippen molar-refractivity contribution in [3.63, 3.8) is 0 Å². The summed E-state index contributed by atoms with van der Waals surface area (Å²) >= 11 is 0. The van der Waals surface area contributed by atoms with Gasteiger partial charge in [0.05, 0.1) is 0 Å². The van der Waals surface area contributed by atoms with E-state index in [0.29, 0.717) is 23.5 Å². The molecule has 164 valence electrons. The first-order valence-corrected chi connectivity index (χ1v) is 11.1. The maximum atomic E-state index is 13.2. The molecule has 1 fully saturated rings. The Bertz CT molecular complexity index is 1100. The number of benzene rings is 2. The smallest absolute Gasteiger partial charge is 0.253 e. The third kappa shape index (κ3) is 5.19. The lowest BCUT2D eigenvalue weighted by Gasteiger charge is -2.27. The molecule has 6 heteroatoms. The Morgan fingerprint density at radius 2 is 1.53 bits per heavy atom. The van der Waals surface area contributed by atoms with E-state index < -0.39 is 0 Å². The van der Waals surface area contributed by atoms with E-state index in [4.69, 9.17) is 0 Å². The average molecular weight is 429 g/mol. The van der Waals surface area contributed by atoms with Crippen LogP contribution in [0.15, 0.2) is 54.9 Å². The van der Waals surface area contributed by atoms with Gasteiger partial charge in [0.25, 0.3) is 11.8 Å². The summed E-state index contributed by atoms with van der Waals surface area (Å²) in [5.41, 5.74) is 4.84. The second-order valence-electron chi connectivity index (χ2n) is 8.34. The van der Waals surface area contributed by atoms with Crippen LogP contribution in [0, 0.1) is 13.8 Å². The molecule has 1 saturated heterocycles. The SMILES string of the molecule is Cc1ccc(-c2cc(C(=O)NCc3cnc(C)nc3)cc(C(=O)N3CCCCC3)c2)cc1. The fraction of sp³-hybridized carbons (Fsp3) is 0.308. The summed E-state index contributed by atoms with van der Waals surface area (Å²) in [5.74, 6) is 0.443. The quantitative estimate of drug-likeness (QED) is 0.657. The molecule has 32 heavy (non-hydrogen) atoms. The molecule has 4 rings (SSSR count). The van der Waals surface area contributed by atoms with Crippen molar-refractivity contribution in [2.45, 2.75) is 39.7 Å². The van der Waals surface area contributed by atoms with Crippen molar-refractivity contribution in [3.05, 3.63) is 82.9 Å². The van der Waals surface area contributed by atoms with Crippen LogP contribution in [0.1, 0.15) is 56.9 Å². The maximum Gasteiger partial charge on any atom is 0.253 e. The number of nitrogens with one attached hydrogen (secondary N) is 1. The molecule has 0 radical (unpaired) electrons. The Labute approximate surface area is 188 Å². The zero-order valence-electron chi connectivity index (χ0n) is 18.6. The van der Waals surface area contributed by atoms with Crippen molar-refractivity contribution in [3.8, 4) is 11.1 Å². The van der Waals surface area contributed by atoms with Crippen LogP contribution in [-0.2, 0) is 6.54 Å². The summed E-state index contributed by atoms with van der Waals surface area (Å²) in [5, 5.41) is 2.92. The Morgan fingerprint density at radius 1 is 0.875 bits per heavy atom. The largest absolute Gasteiger partial charge is 0.348 e. The highest BCUT2D eigenvalue weighted by atomic mass is 16.2. The molecular formula is C26H28N4O2. The van der Waals surface area contributed by atoms with Gasteiger partial charge in [-0.3, -0.25) is 9.59 Å². The van der Waals surface area contributed by atoms with Gasteiger partial charge in [0.1, 0.15) is 5.82 Å². The van der Waals surface area contributed by atoms with E-state index in [1.807, 2.05) is 55.1 Å². The fourth-order valence-corrected chi connectivity index (χ4v) is 3.87. The fourth-order valence-electron chi connectivity index (χ4n) is 3.87. The molecule has 0 atom stereocenters. The first-order chi connectivity index (χ1) is 15.5. The van der Waals surface area contributed by atoms with Gasteiger partial charge in [0.2, 0.25) is 0 Å². The van der Waals surface area contributed by atoms with Crippen LogP contribution in [0.4, 0.5) is 0 Å². The minimum Gasteiger partial charge on any atom is -0.348 e. The van der Waals surface area contributed by atoms with E-state index in [-0.39, 0.29) is 11.8 Å². The highest BCUT2D eigenvalue weighted by molar-refractivity contribution is 6.01. The number of rotatable bonds is 5. The molecule has 1 aromatic heterocycles. The van der Waals surface area contributed by atoms with Crippen molar-refractivity contribution >= 4 is 11.8 Å². The maximum absolute atomic E-state index is 13.2. The molecular weight excluding hydrogens is 400 g/mol. The standard InChI is InChI=1S/C26H28N4O2/c1-18-6-8-21(9-7-18)22-12-23(25(31)29-17-20-15-27-19(2)28-16-20)14-24(13-22)26(32)30-10-4-3-5-11-30/h6-9,12-16H,3-5,10-11,17H2,1-2H3,(H,29,31). The minimum absolute atomic E-state index is 0.0142. The monoisotopic (exact) mass is 428 g/mol. The number of amides is 2. The Morgan fingerprint density at radius 3 is 2.22 bits per heavy atom. The van der Waals surface area contributed by atoms with Gasteiger partial charge in [-0.2, -0.15) is 0 Å². The number of piperidine rings is 1. The van der Waals surface area contributed by atoms with Crippen molar-refractivity contribution in [2.75, 3.05) is 13.1 Å². The van der Waals surface area contributed by atoms with Gasteiger partial charge in [-0.05, 0) is 62.4 Å². The topological polar surface area (TPSA) is 75.2 Å². The minimum atomic E-state index is -0.229. The van der Waals surface area contributed by atoms with E-state index in [0.717, 1.165) is 54.6 Å². The zero-order valence-corrected chi connectivity index (χ0v) is 18.6. The first kappa shape index (κ1) is 21.7. The van der Waals surface area contributed by atoms with Crippen LogP contribution in [0.25, 0.3) is 11.1 Å².